The summed E-state index contributed by atoms with van der Waals surface area (Å²) in [7, 11) is 1.57. The summed E-state index contributed by atoms with van der Waals surface area (Å²) < 4.78 is 5.13. The zero-order valence-electron chi connectivity index (χ0n) is 10.6. The number of hydrogen-bond acceptors (Lipinski definition) is 5. The zero-order valence-corrected chi connectivity index (χ0v) is 10.6. The minimum Gasteiger partial charge on any atom is -0.502 e. The molecule has 0 unspecified atom stereocenters. The molecule has 1 N–H and O–H groups in total. The summed E-state index contributed by atoms with van der Waals surface area (Å²) in [6.45, 7) is 0.267. The second-order valence-corrected chi connectivity index (χ2v) is 4.20. The van der Waals surface area contributed by atoms with Crippen molar-refractivity contribution in [3.8, 4) is 5.75 Å². The van der Waals surface area contributed by atoms with E-state index in [1.165, 1.54) is 17.2 Å². The number of benzene rings is 1. The molecule has 0 aliphatic rings. The summed E-state index contributed by atoms with van der Waals surface area (Å²) >= 11 is 0. The van der Waals surface area contributed by atoms with E-state index in [0.29, 0.717) is 5.76 Å². The summed E-state index contributed by atoms with van der Waals surface area (Å²) in [4.78, 5) is 23.4. The van der Waals surface area contributed by atoms with Gasteiger partial charge in [-0.05, 0) is 24.3 Å². The number of rotatable bonds is 4. The molecule has 0 fully saturated rings. The van der Waals surface area contributed by atoms with Crippen LogP contribution in [0.2, 0.25) is 0 Å². The number of amides is 1. The lowest BCUT2D eigenvalue weighted by molar-refractivity contribution is -0.385. The Morgan fingerprint density at radius 2 is 2.20 bits per heavy atom. The van der Waals surface area contributed by atoms with Gasteiger partial charge in [-0.2, -0.15) is 0 Å². The van der Waals surface area contributed by atoms with Gasteiger partial charge in [0.2, 0.25) is 0 Å². The van der Waals surface area contributed by atoms with Crippen molar-refractivity contribution in [1.29, 1.82) is 0 Å². The van der Waals surface area contributed by atoms with Crippen molar-refractivity contribution in [2.45, 2.75) is 6.54 Å². The summed E-state index contributed by atoms with van der Waals surface area (Å²) in [5, 5.41) is 20.1. The standard InChI is InChI=1S/C13H12N2O5/c1-14(8-10-3-2-6-20-10)13(17)9-4-5-11(15(18)19)12(16)7-9/h2-7,16H,8H2,1H3. The normalized spacial score (nSPS) is 10.2. The van der Waals surface area contributed by atoms with Crippen molar-refractivity contribution < 1.29 is 19.2 Å². The third kappa shape index (κ3) is 2.77. The van der Waals surface area contributed by atoms with Crippen LogP contribution in [0.15, 0.2) is 41.0 Å². The molecule has 7 nitrogen and oxygen atoms in total. The Balaban J connectivity index is 2.16. The van der Waals surface area contributed by atoms with Crippen molar-refractivity contribution in [3.63, 3.8) is 0 Å². The van der Waals surface area contributed by atoms with Gasteiger partial charge in [-0.15, -0.1) is 0 Å². The summed E-state index contributed by atoms with van der Waals surface area (Å²) in [6, 6.07) is 6.93. The van der Waals surface area contributed by atoms with Crippen molar-refractivity contribution in [2.75, 3.05) is 7.05 Å². The van der Waals surface area contributed by atoms with Gasteiger partial charge in [-0.1, -0.05) is 0 Å². The number of carbonyl (C=O) groups is 1. The molecule has 0 spiro atoms. The van der Waals surface area contributed by atoms with E-state index in [1.54, 1.807) is 19.2 Å². The molecule has 0 saturated heterocycles. The molecule has 1 amide bonds. The van der Waals surface area contributed by atoms with Gasteiger partial charge in [0.15, 0.2) is 5.75 Å². The van der Waals surface area contributed by atoms with Crippen LogP contribution in [0.5, 0.6) is 5.75 Å². The lowest BCUT2D eigenvalue weighted by atomic mass is 10.1. The maximum atomic E-state index is 12.1. The van der Waals surface area contributed by atoms with E-state index in [-0.39, 0.29) is 18.0 Å². The van der Waals surface area contributed by atoms with Gasteiger partial charge in [0.25, 0.3) is 5.91 Å². The van der Waals surface area contributed by atoms with Gasteiger partial charge >= 0.3 is 5.69 Å². The third-order valence-corrected chi connectivity index (χ3v) is 2.74. The highest BCUT2D eigenvalue weighted by molar-refractivity contribution is 5.94. The molecule has 1 heterocycles. The first-order chi connectivity index (χ1) is 9.49. The summed E-state index contributed by atoms with van der Waals surface area (Å²) in [6.07, 6.45) is 1.51. The molecule has 2 aromatic rings. The lowest BCUT2D eigenvalue weighted by Crippen LogP contribution is -2.25. The molecule has 7 heteroatoms. The highest BCUT2D eigenvalue weighted by atomic mass is 16.6. The molecule has 104 valence electrons. The summed E-state index contributed by atoms with van der Waals surface area (Å²) in [5.41, 5.74) is -0.266. The second-order valence-electron chi connectivity index (χ2n) is 4.20. The molecule has 1 aromatic heterocycles. The maximum absolute atomic E-state index is 12.1. The van der Waals surface area contributed by atoms with Crippen LogP contribution in [0.4, 0.5) is 5.69 Å². The van der Waals surface area contributed by atoms with E-state index in [4.69, 9.17) is 4.42 Å². The predicted molar refractivity (Wildman–Crippen MR) is 69.3 cm³/mol. The molecule has 0 bridgehead atoms. The second kappa shape index (κ2) is 5.43. The Kier molecular flexibility index (Phi) is 3.69. The van der Waals surface area contributed by atoms with Gasteiger partial charge < -0.3 is 14.4 Å². The topological polar surface area (TPSA) is 96.8 Å². The van der Waals surface area contributed by atoms with Crippen LogP contribution in [0.3, 0.4) is 0 Å². The number of hydrogen-bond donors (Lipinski definition) is 1. The van der Waals surface area contributed by atoms with Crippen LogP contribution >= 0.6 is 0 Å². The zero-order chi connectivity index (χ0) is 14.7. The van der Waals surface area contributed by atoms with Crippen molar-refractivity contribution >= 4 is 11.6 Å². The van der Waals surface area contributed by atoms with E-state index in [9.17, 15) is 20.0 Å². The molecule has 0 atom stereocenters. The Labute approximate surface area is 114 Å². The highest BCUT2D eigenvalue weighted by Crippen LogP contribution is 2.26. The Hall–Kier alpha value is -2.83. The number of aromatic hydroxyl groups is 1. The monoisotopic (exact) mass is 276 g/mol. The van der Waals surface area contributed by atoms with E-state index in [1.807, 2.05) is 0 Å². The Morgan fingerprint density at radius 1 is 1.45 bits per heavy atom. The first-order valence-corrected chi connectivity index (χ1v) is 5.74. The van der Waals surface area contributed by atoms with E-state index in [0.717, 1.165) is 12.1 Å². The molecule has 0 aliphatic carbocycles. The van der Waals surface area contributed by atoms with Crippen LogP contribution in [0.25, 0.3) is 0 Å². The minimum absolute atomic E-state index is 0.169. The number of phenols is 1. The van der Waals surface area contributed by atoms with Gasteiger partial charge in [-0.25, -0.2) is 0 Å². The van der Waals surface area contributed by atoms with Crippen LogP contribution in [-0.2, 0) is 6.54 Å². The molecular weight excluding hydrogens is 264 g/mol. The number of furan rings is 1. The lowest BCUT2D eigenvalue weighted by Gasteiger charge is -2.15. The molecule has 0 aliphatic heterocycles. The number of nitro benzene ring substituents is 1. The van der Waals surface area contributed by atoms with E-state index >= 15 is 0 Å². The Morgan fingerprint density at radius 3 is 2.75 bits per heavy atom. The molecule has 2 rings (SSSR count). The van der Waals surface area contributed by atoms with Crippen molar-refractivity contribution in [2.24, 2.45) is 0 Å². The van der Waals surface area contributed by atoms with E-state index < -0.39 is 16.4 Å². The molecule has 0 radical (unpaired) electrons. The van der Waals surface area contributed by atoms with Crippen molar-refractivity contribution in [3.05, 3.63) is 58.0 Å². The van der Waals surface area contributed by atoms with Crippen LogP contribution < -0.4 is 0 Å². The molecule has 0 saturated carbocycles. The summed E-state index contributed by atoms with van der Waals surface area (Å²) in [5.74, 6) is -0.286. The van der Waals surface area contributed by atoms with Crippen molar-refractivity contribution in [1.82, 2.24) is 4.90 Å². The number of phenolic OH excluding ortho intramolecular Hbond substituents is 1. The SMILES string of the molecule is CN(Cc1ccco1)C(=O)c1ccc([N+](=O)[O-])c(O)c1. The largest absolute Gasteiger partial charge is 0.502 e. The molecular formula is C13H12N2O5. The van der Waals surface area contributed by atoms with Gasteiger partial charge in [0.05, 0.1) is 17.7 Å². The van der Waals surface area contributed by atoms with Crippen LogP contribution in [0, 0.1) is 10.1 Å². The third-order valence-electron chi connectivity index (χ3n) is 2.74. The maximum Gasteiger partial charge on any atom is 0.310 e. The quantitative estimate of drug-likeness (QED) is 0.681. The minimum atomic E-state index is -0.712. The van der Waals surface area contributed by atoms with Gasteiger partial charge in [-0.3, -0.25) is 14.9 Å². The van der Waals surface area contributed by atoms with Gasteiger partial charge in [0, 0.05) is 18.7 Å². The average molecular weight is 276 g/mol. The van der Waals surface area contributed by atoms with Crippen LogP contribution in [-0.4, -0.2) is 27.9 Å². The Bertz CT molecular complexity index is 636. The van der Waals surface area contributed by atoms with Gasteiger partial charge in [0.1, 0.15) is 5.76 Å². The molecule has 1 aromatic carbocycles. The number of nitro groups is 1. The molecule has 20 heavy (non-hydrogen) atoms. The number of nitrogens with zero attached hydrogens (tertiary/aromatic N) is 2. The fraction of sp³-hybridized carbons (Fsp3) is 0.154. The average Bonchev–Trinajstić information content (AvgIpc) is 2.90. The van der Waals surface area contributed by atoms with Crippen LogP contribution in [0.1, 0.15) is 16.1 Å². The number of carbonyl (C=O) groups excluding carboxylic acids is 1. The highest BCUT2D eigenvalue weighted by Gasteiger charge is 2.18. The fourth-order valence-electron chi connectivity index (χ4n) is 1.74. The first kappa shape index (κ1) is 13.6. The predicted octanol–water partition coefficient (Wildman–Crippen LogP) is 2.17. The first-order valence-electron chi connectivity index (χ1n) is 5.74. The smallest absolute Gasteiger partial charge is 0.310 e. The fourth-order valence-corrected chi connectivity index (χ4v) is 1.74. The van der Waals surface area contributed by atoms with E-state index in [2.05, 4.69) is 0 Å².